The Bertz CT molecular complexity index is 401. The molecule has 1 rings (SSSR count). The molecule has 0 fully saturated rings. The SMILES string of the molecule is CCC(C(=O)O)N(C)Cc1ccc(C)cc1C. The van der Waals surface area contributed by atoms with Gasteiger partial charge in [0.25, 0.3) is 0 Å². The molecule has 0 aliphatic carbocycles. The maximum atomic E-state index is 11.1. The second-order valence-electron chi connectivity index (χ2n) is 4.61. The van der Waals surface area contributed by atoms with Crippen molar-refractivity contribution in [3.8, 4) is 0 Å². The molecule has 0 aliphatic heterocycles. The van der Waals surface area contributed by atoms with Crippen LogP contribution in [0.4, 0.5) is 0 Å². The molecule has 0 amide bonds. The van der Waals surface area contributed by atoms with Crippen LogP contribution < -0.4 is 0 Å². The molecular weight excluding hydrogens is 214 g/mol. The number of hydrogen-bond acceptors (Lipinski definition) is 2. The minimum atomic E-state index is -0.750. The number of hydrogen-bond donors (Lipinski definition) is 1. The Hall–Kier alpha value is -1.35. The van der Waals surface area contributed by atoms with Crippen LogP contribution in [0.15, 0.2) is 18.2 Å². The normalized spacial score (nSPS) is 12.8. The minimum Gasteiger partial charge on any atom is -0.480 e. The number of aliphatic carboxylic acids is 1. The molecule has 1 N–H and O–H groups in total. The van der Waals surface area contributed by atoms with E-state index in [1.165, 1.54) is 16.7 Å². The van der Waals surface area contributed by atoms with E-state index in [1.54, 1.807) is 0 Å². The topological polar surface area (TPSA) is 40.5 Å². The van der Waals surface area contributed by atoms with Gasteiger partial charge in [-0.1, -0.05) is 30.7 Å². The predicted molar refractivity (Wildman–Crippen MR) is 69.1 cm³/mol. The molecule has 0 aliphatic rings. The van der Waals surface area contributed by atoms with Crippen molar-refractivity contribution < 1.29 is 9.90 Å². The van der Waals surface area contributed by atoms with Gasteiger partial charge in [0.1, 0.15) is 6.04 Å². The summed E-state index contributed by atoms with van der Waals surface area (Å²) >= 11 is 0. The van der Waals surface area contributed by atoms with E-state index in [9.17, 15) is 4.79 Å². The summed E-state index contributed by atoms with van der Waals surface area (Å²) in [5.41, 5.74) is 3.65. The predicted octanol–water partition coefficient (Wildman–Crippen LogP) is 2.60. The van der Waals surface area contributed by atoms with Gasteiger partial charge in [0.05, 0.1) is 0 Å². The van der Waals surface area contributed by atoms with Crippen molar-refractivity contribution in [3.63, 3.8) is 0 Å². The standard InChI is InChI=1S/C14H21NO2/c1-5-13(14(16)17)15(4)9-12-7-6-10(2)8-11(12)3/h6-8,13H,5,9H2,1-4H3,(H,16,17). The van der Waals surface area contributed by atoms with E-state index >= 15 is 0 Å². The van der Waals surface area contributed by atoms with Gasteiger partial charge in [-0.05, 0) is 38.4 Å². The van der Waals surface area contributed by atoms with Gasteiger partial charge in [-0.2, -0.15) is 0 Å². The van der Waals surface area contributed by atoms with Crippen LogP contribution in [0, 0.1) is 13.8 Å². The third-order valence-corrected chi connectivity index (χ3v) is 3.12. The Balaban J connectivity index is 2.79. The molecule has 0 heterocycles. The van der Waals surface area contributed by atoms with Gasteiger partial charge < -0.3 is 5.11 Å². The summed E-state index contributed by atoms with van der Waals surface area (Å²) in [6, 6.07) is 5.87. The zero-order valence-corrected chi connectivity index (χ0v) is 11.0. The number of rotatable bonds is 5. The summed E-state index contributed by atoms with van der Waals surface area (Å²) in [6.07, 6.45) is 0.622. The Kier molecular flexibility index (Phi) is 4.70. The van der Waals surface area contributed by atoms with Gasteiger partial charge in [-0.25, -0.2) is 0 Å². The molecule has 3 nitrogen and oxygen atoms in total. The van der Waals surface area contributed by atoms with Crippen LogP contribution in [0.1, 0.15) is 30.0 Å². The first-order valence-electron chi connectivity index (χ1n) is 5.94. The summed E-state index contributed by atoms with van der Waals surface area (Å²) in [5, 5.41) is 9.09. The average molecular weight is 235 g/mol. The highest BCUT2D eigenvalue weighted by Crippen LogP contribution is 2.14. The molecule has 0 radical (unpaired) electrons. The molecule has 1 aromatic rings. The van der Waals surface area contributed by atoms with E-state index in [-0.39, 0.29) is 0 Å². The van der Waals surface area contributed by atoms with Gasteiger partial charge in [0.2, 0.25) is 0 Å². The quantitative estimate of drug-likeness (QED) is 0.852. The number of carboxylic acids is 1. The maximum absolute atomic E-state index is 11.1. The number of aryl methyl sites for hydroxylation is 2. The highest BCUT2D eigenvalue weighted by Gasteiger charge is 2.20. The molecule has 0 aromatic heterocycles. The van der Waals surface area contributed by atoms with Gasteiger partial charge in [-0.15, -0.1) is 0 Å². The largest absolute Gasteiger partial charge is 0.480 e. The maximum Gasteiger partial charge on any atom is 0.320 e. The molecule has 94 valence electrons. The summed E-state index contributed by atoms with van der Waals surface area (Å²) in [7, 11) is 1.86. The first-order chi connectivity index (χ1) is 7.95. The second kappa shape index (κ2) is 5.82. The third kappa shape index (κ3) is 3.56. The second-order valence-corrected chi connectivity index (χ2v) is 4.61. The minimum absolute atomic E-state index is 0.407. The third-order valence-electron chi connectivity index (χ3n) is 3.12. The molecule has 1 aromatic carbocycles. The zero-order valence-electron chi connectivity index (χ0n) is 11.0. The number of carboxylic acid groups (broad SMARTS) is 1. The van der Waals surface area contributed by atoms with Gasteiger partial charge in [0.15, 0.2) is 0 Å². The fourth-order valence-corrected chi connectivity index (χ4v) is 2.08. The average Bonchev–Trinajstić information content (AvgIpc) is 2.22. The van der Waals surface area contributed by atoms with Crippen LogP contribution in [0.25, 0.3) is 0 Å². The van der Waals surface area contributed by atoms with E-state index in [2.05, 4.69) is 32.0 Å². The molecule has 1 unspecified atom stereocenters. The van der Waals surface area contributed by atoms with Crippen molar-refractivity contribution in [2.45, 2.75) is 39.8 Å². The van der Waals surface area contributed by atoms with Gasteiger partial charge >= 0.3 is 5.97 Å². The monoisotopic (exact) mass is 235 g/mol. The summed E-state index contributed by atoms with van der Waals surface area (Å²) in [4.78, 5) is 12.9. The van der Waals surface area contributed by atoms with Crippen LogP contribution in [-0.4, -0.2) is 29.1 Å². The molecular formula is C14H21NO2. The van der Waals surface area contributed by atoms with Gasteiger partial charge in [-0.3, -0.25) is 9.69 Å². The lowest BCUT2D eigenvalue weighted by molar-refractivity contribution is -0.143. The molecule has 0 bridgehead atoms. The van der Waals surface area contributed by atoms with Crippen molar-refractivity contribution in [1.82, 2.24) is 4.90 Å². The summed E-state index contributed by atoms with van der Waals surface area (Å²) in [6.45, 7) is 6.71. The molecule has 0 spiro atoms. The van der Waals surface area contributed by atoms with E-state index in [4.69, 9.17) is 5.11 Å². The smallest absolute Gasteiger partial charge is 0.320 e. The number of benzene rings is 1. The Morgan fingerprint density at radius 1 is 1.41 bits per heavy atom. The fourth-order valence-electron chi connectivity index (χ4n) is 2.08. The molecule has 17 heavy (non-hydrogen) atoms. The van der Waals surface area contributed by atoms with E-state index < -0.39 is 12.0 Å². The first kappa shape index (κ1) is 13.7. The number of likely N-dealkylation sites (N-methyl/N-ethyl adjacent to an activating group) is 1. The summed E-state index contributed by atoms with van der Waals surface area (Å²) < 4.78 is 0. The fraction of sp³-hybridized carbons (Fsp3) is 0.500. The first-order valence-corrected chi connectivity index (χ1v) is 5.94. The highest BCUT2D eigenvalue weighted by molar-refractivity contribution is 5.73. The Morgan fingerprint density at radius 2 is 2.06 bits per heavy atom. The summed E-state index contributed by atoms with van der Waals surface area (Å²) in [5.74, 6) is -0.750. The van der Waals surface area contributed by atoms with Crippen molar-refractivity contribution in [2.75, 3.05) is 7.05 Å². The zero-order chi connectivity index (χ0) is 13.0. The van der Waals surface area contributed by atoms with Crippen molar-refractivity contribution in [3.05, 3.63) is 34.9 Å². The lowest BCUT2D eigenvalue weighted by Crippen LogP contribution is -2.37. The van der Waals surface area contributed by atoms with Gasteiger partial charge in [0, 0.05) is 6.54 Å². The Labute approximate surface area is 103 Å². The van der Waals surface area contributed by atoms with Crippen molar-refractivity contribution >= 4 is 5.97 Å². The van der Waals surface area contributed by atoms with Crippen LogP contribution in [0.5, 0.6) is 0 Å². The van der Waals surface area contributed by atoms with Crippen LogP contribution in [0.3, 0.4) is 0 Å². The number of carbonyl (C=O) groups is 1. The van der Waals surface area contributed by atoms with Crippen LogP contribution in [0.2, 0.25) is 0 Å². The molecule has 1 atom stereocenters. The lowest BCUT2D eigenvalue weighted by atomic mass is 10.0. The lowest BCUT2D eigenvalue weighted by Gasteiger charge is -2.24. The van der Waals surface area contributed by atoms with Crippen molar-refractivity contribution in [2.24, 2.45) is 0 Å². The van der Waals surface area contributed by atoms with Crippen molar-refractivity contribution in [1.29, 1.82) is 0 Å². The molecule has 3 heteroatoms. The van der Waals surface area contributed by atoms with Crippen LogP contribution >= 0.6 is 0 Å². The van der Waals surface area contributed by atoms with E-state index in [0.717, 1.165) is 0 Å². The number of nitrogens with zero attached hydrogens (tertiary/aromatic N) is 1. The van der Waals surface area contributed by atoms with Crippen LogP contribution in [-0.2, 0) is 11.3 Å². The molecule has 0 saturated carbocycles. The van der Waals surface area contributed by atoms with E-state index in [1.807, 2.05) is 18.9 Å². The molecule has 0 saturated heterocycles. The highest BCUT2D eigenvalue weighted by atomic mass is 16.4. The van der Waals surface area contributed by atoms with E-state index in [0.29, 0.717) is 13.0 Å². The Morgan fingerprint density at radius 3 is 2.53 bits per heavy atom.